The monoisotopic (exact) mass is 458 g/mol. The summed E-state index contributed by atoms with van der Waals surface area (Å²) >= 11 is 0. The fourth-order valence-corrected chi connectivity index (χ4v) is 5.92. The molecular weight excluding hydrogens is 428 g/mol. The molecular formula is C23H30N4O4S. The number of carbonyl (C=O) groups is 2. The number of sulfonamides is 1. The smallest absolute Gasteiger partial charge is 0.309 e. The SMILES string of the molecule is Cc1ccc(C)c(S(=O)(=O)N2CCCC[C@@H]2CCNC(=O)C(=O)NCc2ccncc2)c1. The van der Waals surface area contributed by atoms with Crippen molar-refractivity contribution in [2.75, 3.05) is 13.1 Å². The Morgan fingerprint density at radius 2 is 1.78 bits per heavy atom. The predicted molar refractivity (Wildman–Crippen MR) is 121 cm³/mol. The van der Waals surface area contributed by atoms with E-state index in [1.807, 2.05) is 19.1 Å². The molecule has 172 valence electrons. The van der Waals surface area contributed by atoms with Crippen LogP contribution in [0, 0.1) is 13.8 Å². The van der Waals surface area contributed by atoms with Gasteiger partial charge in [0.1, 0.15) is 0 Å². The first-order valence-corrected chi connectivity index (χ1v) is 12.3. The van der Waals surface area contributed by atoms with Crippen molar-refractivity contribution in [3.63, 3.8) is 0 Å². The molecule has 0 unspecified atom stereocenters. The van der Waals surface area contributed by atoms with E-state index in [4.69, 9.17) is 0 Å². The molecule has 2 aromatic rings. The van der Waals surface area contributed by atoms with Crippen LogP contribution in [-0.2, 0) is 26.2 Å². The molecule has 1 aromatic carbocycles. The van der Waals surface area contributed by atoms with E-state index in [-0.39, 0.29) is 19.1 Å². The number of nitrogens with one attached hydrogen (secondary N) is 2. The third-order valence-electron chi connectivity index (χ3n) is 5.68. The molecule has 0 aliphatic carbocycles. The van der Waals surface area contributed by atoms with Crippen molar-refractivity contribution >= 4 is 21.8 Å². The Balaban J connectivity index is 1.56. The number of piperidine rings is 1. The lowest BCUT2D eigenvalue weighted by Crippen LogP contribution is -2.46. The average molecular weight is 459 g/mol. The van der Waals surface area contributed by atoms with Gasteiger partial charge in [0.2, 0.25) is 10.0 Å². The molecule has 1 aliphatic heterocycles. The van der Waals surface area contributed by atoms with Gasteiger partial charge in [-0.15, -0.1) is 0 Å². The van der Waals surface area contributed by atoms with E-state index in [2.05, 4.69) is 15.6 Å². The maximum atomic E-state index is 13.4. The molecule has 1 aromatic heterocycles. The first kappa shape index (κ1) is 23.9. The van der Waals surface area contributed by atoms with Crippen molar-refractivity contribution < 1.29 is 18.0 Å². The second-order valence-corrected chi connectivity index (χ2v) is 9.98. The summed E-state index contributed by atoms with van der Waals surface area (Å²) in [6, 6.07) is 8.74. The Morgan fingerprint density at radius 1 is 1.06 bits per heavy atom. The molecule has 1 saturated heterocycles. The summed E-state index contributed by atoms with van der Waals surface area (Å²) in [5.41, 5.74) is 2.46. The van der Waals surface area contributed by atoms with Crippen molar-refractivity contribution in [3.8, 4) is 0 Å². The maximum Gasteiger partial charge on any atom is 0.309 e. The van der Waals surface area contributed by atoms with Crippen molar-refractivity contribution in [1.82, 2.24) is 19.9 Å². The lowest BCUT2D eigenvalue weighted by Gasteiger charge is -2.35. The molecule has 2 heterocycles. The number of amides is 2. The van der Waals surface area contributed by atoms with Crippen molar-refractivity contribution in [1.29, 1.82) is 0 Å². The fraction of sp³-hybridized carbons (Fsp3) is 0.435. The number of aromatic nitrogens is 1. The van der Waals surface area contributed by atoms with E-state index in [1.54, 1.807) is 41.8 Å². The van der Waals surface area contributed by atoms with Crippen LogP contribution in [0.5, 0.6) is 0 Å². The first-order valence-electron chi connectivity index (χ1n) is 10.8. The predicted octanol–water partition coefficient (Wildman–Crippen LogP) is 2.06. The Kier molecular flexibility index (Phi) is 7.98. The van der Waals surface area contributed by atoms with Crippen LogP contribution in [0.15, 0.2) is 47.6 Å². The topological polar surface area (TPSA) is 108 Å². The van der Waals surface area contributed by atoms with Gasteiger partial charge < -0.3 is 10.6 Å². The summed E-state index contributed by atoms with van der Waals surface area (Å²) < 4.78 is 28.3. The van der Waals surface area contributed by atoms with Crippen molar-refractivity contribution in [3.05, 3.63) is 59.4 Å². The van der Waals surface area contributed by atoms with Gasteiger partial charge in [-0.25, -0.2) is 8.42 Å². The van der Waals surface area contributed by atoms with Gasteiger partial charge in [0.25, 0.3) is 0 Å². The Hall–Kier alpha value is -2.78. The van der Waals surface area contributed by atoms with Crippen LogP contribution in [0.2, 0.25) is 0 Å². The Bertz CT molecular complexity index is 1060. The van der Waals surface area contributed by atoms with Crippen LogP contribution in [-0.4, -0.2) is 48.7 Å². The number of pyridine rings is 1. The van der Waals surface area contributed by atoms with Gasteiger partial charge >= 0.3 is 11.8 Å². The second-order valence-electron chi connectivity index (χ2n) is 8.12. The summed E-state index contributed by atoms with van der Waals surface area (Å²) in [4.78, 5) is 28.4. The molecule has 32 heavy (non-hydrogen) atoms. The normalized spacial score (nSPS) is 17.0. The number of benzene rings is 1. The number of hydrogen-bond donors (Lipinski definition) is 2. The summed E-state index contributed by atoms with van der Waals surface area (Å²) in [6.45, 7) is 4.60. The van der Waals surface area contributed by atoms with E-state index in [0.717, 1.165) is 36.0 Å². The van der Waals surface area contributed by atoms with E-state index in [1.165, 1.54) is 0 Å². The van der Waals surface area contributed by atoms with Gasteiger partial charge in [0, 0.05) is 38.1 Å². The summed E-state index contributed by atoms with van der Waals surface area (Å²) in [5.74, 6) is -1.44. The molecule has 2 amide bonds. The minimum atomic E-state index is -3.63. The van der Waals surface area contributed by atoms with E-state index in [9.17, 15) is 18.0 Å². The highest BCUT2D eigenvalue weighted by Crippen LogP contribution is 2.29. The maximum absolute atomic E-state index is 13.4. The standard InChI is InChI=1S/C23H30N4O4S/c1-17-6-7-18(2)21(15-17)32(30,31)27-14-4-3-5-20(27)10-13-25-22(28)23(29)26-16-19-8-11-24-12-9-19/h6-9,11-12,15,20H,3-5,10,13-14,16H2,1-2H3,(H,25,28)(H,26,29)/t20-/m1/s1. The van der Waals surface area contributed by atoms with Gasteiger partial charge in [0.15, 0.2) is 0 Å². The second kappa shape index (κ2) is 10.7. The number of rotatable bonds is 7. The first-order chi connectivity index (χ1) is 15.3. The van der Waals surface area contributed by atoms with Crippen molar-refractivity contribution in [2.45, 2.75) is 57.0 Å². The molecule has 9 heteroatoms. The Morgan fingerprint density at radius 3 is 2.53 bits per heavy atom. The third kappa shape index (κ3) is 5.92. The summed E-state index contributed by atoms with van der Waals surface area (Å²) in [6.07, 6.45) is 6.16. The van der Waals surface area contributed by atoms with Crippen LogP contribution in [0.3, 0.4) is 0 Å². The third-order valence-corrected chi connectivity index (χ3v) is 7.77. The number of nitrogens with zero attached hydrogens (tertiary/aromatic N) is 2. The van der Waals surface area contributed by atoms with E-state index >= 15 is 0 Å². The molecule has 8 nitrogen and oxygen atoms in total. The van der Waals surface area contributed by atoms with Crippen LogP contribution in [0.25, 0.3) is 0 Å². The average Bonchev–Trinajstić information content (AvgIpc) is 2.79. The van der Waals surface area contributed by atoms with Crippen LogP contribution in [0.4, 0.5) is 0 Å². The van der Waals surface area contributed by atoms with Gasteiger partial charge in [-0.1, -0.05) is 18.6 Å². The van der Waals surface area contributed by atoms with Gasteiger partial charge in [-0.05, 0) is 68.0 Å². The molecule has 0 radical (unpaired) electrons. The lowest BCUT2D eigenvalue weighted by atomic mass is 10.0. The van der Waals surface area contributed by atoms with Crippen LogP contribution >= 0.6 is 0 Å². The molecule has 3 rings (SSSR count). The highest BCUT2D eigenvalue weighted by molar-refractivity contribution is 7.89. The van der Waals surface area contributed by atoms with Gasteiger partial charge in [0.05, 0.1) is 4.90 Å². The zero-order valence-corrected chi connectivity index (χ0v) is 19.3. The quantitative estimate of drug-likeness (QED) is 0.618. The minimum absolute atomic E-state index is 0.214. The van der Waals surface area contributed by atoms with Crippen LogP contribution in [0.1, 0.15) is 42.4 Å². The largest absolute Gasteiger partial charge is 0.348 e. The minimum Gasteiger partial charge on any atom is -0.348 e. The molecule has 1 atom stereocenters. The molecule has 1 fully saturated rings. The Labute approximate surface area is 189 Å². The highest BCUT2D eigenvalue weighted by atomic mass is 32.2. The lowest BCUT2D eigenvalue weighted by molar-refractivity contribution is -0.139. The molecule has 0 saturated carbocycles. The zero-order valence-electron chi connectivity index (χ0n) is 18.5. The number of hydrogen-bond acceptors (Lipinski definition) is 5. The van der Waals surface area contributed by atoms with Gasteiger partial charge in [-0.3, -0.25) is 14.6 Å². The molecule has 0 spiro atoms. The summed E-state index contributed by atoms with van der Waals surface area (Å²) in [5, 5.41) is 5.18. The number of aryl methyl sites for hydroxylation is 2. The summed E-state index contributed by atoms with van der Waals surface area (Å²) in [7, 11) is -3.63. The molecule has 1 aliphatic rings. The number of carbonyl (C=O) groups excluding carboxylic acids is 2. The van der Waals surface area contributed by atoms with Crippen molar-refractivity contribution in [2.24, 2.45) is 0 Å². The zero-order chi connectivity index (χ0) is 23.1. The van der Waals surface area contributed by atoms with Gasteiger partial charge in [-0.2, -0.15) is 4.31 Å². The van der Waals surface area contributed by atoms with Crippen LogP contribution < -0.4 is 10.6 Å². The molecule has 2 N–H and O–H groups in total. The fourth-order valence-electron chi connectivity index (χ4n) is 3.89. The van der Waals surface area contributed by atoms with E-state index < -0.39 is 21.8 Å². The molecule has 0 bridgehead atoms. The highest BCUT2D eigenvalue weighted by Gasteiger charge is 2.34. The van der Waals surface area contributed by atoms with E-state index in [0.29, 0.717) is 17.9 Å².